The SMILES string of the molecule is Cc1ccc(C(=O)Nc2cc(N)c(F)cc2F)cc1O. The van der Waals surface area contributed by atoms with Crippen LogP contribution in [0.1, 0.15) is 15.9 Å². The Balaban J connectivity index is 2.27. The molecular formula is C14H12F2N2O2. The molecule has 1 amide bonds. The first-order valence-electron chi connectivity index (χ1n) is 5.74. The summed E-state index contributed by atoms with van der Waals surface area (Å²) in [6.07, 6.45) is 0. The van der Waals surface area contributed by atoms with E-state index in [9.17, 15) is 18.7 Å². The summed E-state index contributed by atoms with van der Waals surface area (Å²) in [5.41, 5.74) is 5.58. The monoisotopic (exact) mass is 278 g/mol. The van der Waals surface area contributed by atoms with Crippen LogP contribution in [0.15, 0.2) is 30.3 Å². The summed E-state index contributed by atoms with van der Waals surface area (Å²) < 4.78 is 26.5. The van der Waals surface area contributed by atoms with Gasteiger partial charge in [0, 0.05) is 11.6 Å². The molecule has 0 saturated heterocycles. The highest BCUT2D eigenvalue weighted by Crippen LogP contribution is 2.23. The van der Waals surface area contributed by atoms with Gasteiger partial charge in [-0.1, -0.05) is 6.07 Å². The van der Waals surface area contributed by atoms with Gasteiger partial charge in [-0.2, -0.15) is 0 Å². The number of rotatable bonds is 2. The molecule has 4 N–H and O–H groups in total. The lowest BCUT2D eigenvalue weighted by Gasteiger charge is -2.09. The second kappa shape index (κ2) is 5.16. The van der Waals surface area contributed by atoms with Gasteiger partial charge < -0.3 is 16.2 Å². The maximum Gasteiger partial charge on any atom is 0.255 e. The molecule has 0 aliphatic carbocycles. The van der Waals surface area contributed by atoms with Gasteiger partial charge >= 0.3 is 0 Å². The van der Waals surface area contributed by atoms with Crippen LogP contribution in [0.3, 0.4) is 0 Å². The van der Waals surface area contributed by atoms with E-state index < -0.39 is 17.5 Å². The number of anilines is 2. The molecule has 0 saturated carbocycles. The predicted octanol–water partition coefficient (Wildman–Crippen LogP) is 2.81. The second-order valence-corrected chi connectivity index (χ2v) is 4.31. The van der Waals surface area contributed by atoms with Gasteiger partial charge in [-0.25, -0.2) is 8.78 Å². The summed E-state index contributed by atoms with van der Waals surface area (Å²) in [6, 6.07) is 5.89. The Kier molecular flexibility index (Phi) is 3.56. The molecule has 104 valence electrons. The standard InChI is InChI=1S/C14H12F2N2O2/c1-7-2-3-8(4-13(7)19)14(20)18-12-6-11(17)9(15)5-10(12)16/h2-6,19H,17H2,1H3,(H,18,20). The summed E-state index contributed by atoms with van der Waals surface area (Å²) >= 11 is 0. The van der Waals surface area contributed by atoms with Crippen LogP contribution in [0.25, 0.3) is 0 Å². The lowest BCUT2D eigenvalue weighted by Crippen LogP contribution is -2.13. The van der Waals surface area contributed by atoms with E-state index in [1.54, 1.807) is 13.0 Å². The molecule has 2 rings (SSSR count). The fraction of sp³-hybridized carbons (Fsp3) is 0.0714. The first kappa shape index (κ1) is 13.8. The van der Waals surface area contributed by atoms with Gasteiger partial charge in [0.2, 0.25) is 0 Å². The number of hydrogen-bond donors (Lipinski definition) is 3. The topological polar surface area (TPSA) is 75.4 Å². The van der Waals surface area contributed by atoms with Gasteiger partial charge in [0.05, 0.1) is 11.4 Å². The number of aromatic hydroxyl groups is 1. The van der Waals surface area contributed by atoms with Crippen molar-refractivity contribution in [1.82, 2.24) is 0 Å². The third kappa shape index (κ3) is 2.69. The van der Waals surface area contributed by atoms with Crippen LogP contribution in [0.2, 0.25) is 0 Å². The van der Waals surface area contributed by atoms with Crippen molar-refractivity contribution in [3.8, 4) is 5.75 Å². The molecule has 2 aromatic carbocycles. The summed E-state index contributed by atoms with van der Waals surface area (Å²) in [7, 11) is 0. The fourth-order valence-corrected chi connectivity index (χ4v) is 1.61. The molecule has 0 aromatic heterocycles. The molecule has 0 unspecified atom stereocenters. The predicted molar refractivity (Wildman–Crippen MR) is 71.6 cm³/mol. The van der Waals surface area contributed by atoms with Crippen molar-refractivity contribution < 1.29 is 18.7 Å². The average Bonchev–Trinajstić information content (AvgIpc) is 2.39. The number of nitrogen functional groups attached to an aromatic ring is 1. The highest BCUT2D eigenvalue weighted by Gasteiger charge is 2.13. The molecule has 0 aliphatic heterocycles. The zero-order chi connectivity index (χ0) is 14.9. The van der Waals surface area contributed by atoms with E-state index in [2.05, 4.69) is 5.32 Å². The Bertz CT molecular complexity index is 687. The normalized spacial score (nSPS) is 10.3. The first-order chi connectivity index (χ1) is 9.38. The van der Waals surface area contributed by atoms with Gasteiger partial charge in [0.25, 0.3) is 5.91 Å². The average molecular weight is 278 g/mol. The van der Waals surface area contributed by atoms with E-state index in [1.165, 1.54) is 12.1 Å². The first-order valence-corrected chi connectivity index (χ1v) is 5.74. The molecule has 0 spiro atoms. The van der Waals surface area contributed by atoms with Gasteiger partial charge in [0.1, 0.15) is 17.4 Å². The molecular weight excluding hydrogens is 266 g/mol. The third-order valence-corrected chi connectivity index (χ3v) is 2.81. The fourth-order valence-electron chi connectivity index (χ4n) is 1.61. The number of benzene rings is 2. The second-order valence-electron chi connectivity index (χ2n) is 4.31. The third-order valence-electron chi connectivity index (χ3n) is 2.81. The highest BCUT2D eigenvalue weighted by molar-refractivity contribution is 6.04. The van der Waals surface area contributed by atoms with Crippen molar-refractivity contribution >= 4 is 17.3 Å². The Morgan fingerprint density at radius 1 is 1.20 bits per heavy atom. The van der Waals surface area contributed by atoms with Crippen LogP contribution in [0.4, 0.5) is 20.2 Å². The van der Waals surface area contributed by atoms with Crippen molar-refractivity contribution in [2.45, 2.75) is 6.92 Å². The molecule has 20 heavy (non-hydrogen) atoms. The lowest BCUT2D eigenvalue weighted by molar-refractivity contribution is 0.102. The van der Waals surface area contributed by atoms with E-state index in [4.69, 9.17) is 5.73 Å². The Hall–Kier alpha value is -2.63. The highest BCUT2D eigenvalue weighted by atomic mass is 19.1. The number of nitrogens with two attached hydrogens (primary N) is 1. The van der Waals surface area contributed by atoms with E-state index in [1.807, 2.05) is 0 Å². The number of halogens is 2. The van der Waals surface area contributed by atoms with Crippen LogP contribution in [-0.2, 0) is 0 Å². The minimum Gasteiger partial charge on any atom is -0.508 e. The van der Waals surface area contributed by atoms with Crippen LogP contribution in [-0.4, -0.2) is 11.0 Å². The lowest BCUT2D eigenvalue weighted by atomic mass is 10.1. The zero-order valence-corrected chi connectivity index (χ0v) is 10.6. The van der Waals surface area contributed by atoms with Crippen LogP contribution >= 0.6 is 0 Å². The van der Waals surface area contributed by atoms with E-state index in [-0.39, 0.29) is 22.7 Å². The largest absolute Gasteiger partial charge is 0.508 e. The maximum absolute atomic E-state index is 13.5. The van der Waals surface area contributed by atoms with Crippen LogP contribution in [0, 0.1) is 18.6 Å². The molecule has 0 atom stereocenters. The number of phenols is 1. The van der Waals surface area contributed by atoms with Crippen molar-refractivity contribution in [2.24, 2.45) is 0 Å². The molecule has 0 heterocycles. The molecule has 4 nitrogen and oxygen atoms in total. The van der Waals surface area contributed by atoms with Crippen molar-refractivity contribution in [3.63, 3.8) is 0 Å². The number of phenolic OH excluding ortho intramolecular Hbond substituents is 1. The van der Waals surface area contributed by atoms with Crippen molar-refractivity contribution in [2.75, 3.05) is 11.1 Å². The minimum absolute atomic E-state index is 0.0447. The van der Waals surface area contributed by atoms with Gasteiger partial charge in [-0.3, -0.25) is 4.79 Å². The molecule has 0 aliphatic rings. The van der Waals surface area contributed by atoms with Crippen LogP contribution < -0.4 is 11.1 Å². The molecule has 0 bridgehead atoms. The molecule has 0 radical (unpaired) electrons. The van der Waals surface area contributed by atoms with E-state index in [0.717, 1.165) is 6.07 Å². The number of nitrogens with one attached hydrogen (secondary N) is 1. The number of amides is 1. The quantitative estimate of drug-likeness (QED) is 0.739. The van der Waals surface area contributed by atoms with Gasteiger partial charge in [-0.15, -0.1) is 0 Å². The van der Waals surface area contributed by atoms with Gasteiger partial charge in [-0.05, 0) is 30.7 Å². The smallest absolute Gasteiger partial charge is 0.255 e. The summed E-state index contributed by atoms with van der Waals surface area (Å²) in [6.45, 7) is 1.68. The van der Waals surface area contributed by atoms with Crippen LogP contribution in [0.5, 0.6) is 5.75 Å². The molecule has 6 heteroatoms. The van der Waals surface area contributed by atoms with E-state index >= 15 is 0 Å². The Morgan fingerprint density at radius 3 is 2.55 bits per heavy atom. The Morgan fingerprint density at radius 2 is 1.90 bits per heavy atom. The van der Waals surface area contributed by atoms with Crippen molar-refractivity contribution in [3.05, 3.63) is 53.1 Å². The number of aryl methyl sites for hydroxylation is 1. The summed E-state index contributed by atoms with van der Waals surface area (Å²) in [5.74, 6) is -2.50. The maximum atomic E-state index is 13.5. The number of carbonyl (C=O) groups is 1. The van der Waals surface area contributed by atoms with Gasteiger partial charge in [0.15, 0.2) is 0 Å². The van der Waals surface area contributed by atoms with E-state index in [0.29, 0.717) is 11.6 Å². The summed E-state index contributed by atoms with van der Waals surface area (Å²) in [4.78, 5) is 11.9. The number of carbonyl (C=O) groups excluding carboxylic acids is 1. The zero-order valence-electron chi connectivity index (χ0n) is 10.6. The Labute approximate surface area is 113 Å². The van der Waals surface area contributed by atoms with Crippen molar-refractivity contribution in [1.29, 1.82) is 0 Å². The molecule has 2 aromatic rings. The number of hydrogen-bond acceptors (Lipinski definition) is 3. The molecule has 0 fully saturated rings. The minimum atomic E-state index is -0.929. The summed E-state index contributed by atoms with van der Waals surface area (Å²) in [5, 5.41) is 11.8.